The Hall–Kier alpha value is -1.13. The number of rotatable bonds is 0. The van der Waals surface area contributed by atoms with E-state index in [4.69, 9.17) is 0 Å². The Morgan fingerprint density at radius 1 is 1.57 bits per heavy atom. The molecule has 0 unspecified atom stereocenters. The van der Waals surface area contributed by atoms with E-state index in [9.17, 15) is 0 Å². The first-order valence-corrected chi connectivity index (χ1v) is 5.44. The summed E-state index contributed by atoms with van der Waals surface area (Å²) in [6, 6.07) is 2.08. The van der Waals surface area contributed by atoms with E-state index in [1.54, 1.807) is 0 Å². The van der Waals surface area contributed by atoms with Gasteiger partial charge in [-0.25, -0.2) is 0 Å². The molecule has 14 heavy (non-hydrogen) atoms. The number of nitrogens with one attached hydrogen (secondary N) is 1. The van der Waals surface area contributed by atoms with Crippen LogP contribution in [0.15, 0.2) is 18.5 Å². The van der Waals surface area contributed by atoms with Crippen molar-refractivity contribution in [2.75, 3.05) is 19.0 Å². The van der Waals surface area contributed by atoms with Crippen LogP contribution in [-0.4, -0.2) is 23.6 Å². The molecule has 0 fully saturated rings. The van der Waals surface area contributed by atoms with Gasteiger partial charge in [0.1, 0.15) is 0 Å². The van der Waals surface area contributed by atoms with Crippen LogP contribution in [0, 0.1) is 0 Å². The van der Waals surface area contributed by atoms with Crippen LogP contribution in [0.2, 0.25) is 0 Å². The maximum Gasteiger partial charge on any atom is 0.0679 e. The molecule has 72 valence electrons. The lowest BCUT2D eigenvalue weighted by molar-refractivity contribution is 0.344. The predicted octanol–water partition coefficient (Wildman–Crippen LogP) is 2.11. The number of thiophene rings is 1. The first-order valence-electron chi connectivity index (χ1n) is 4.62. The lowest BCUT2D eigenvalue weighted by Gasteiger charge is -2.23. The van der Waals surface area contributed by atoms with Crippen molar-refractivity contribution in [3.8, 4) is 0 Å². The standard InChI is InChI=1S/C10H11N3S/c1-13-5-9-10(12-6-13)7-4-11-3-2-8(7)14-9/h2-4,12H,5-6H2,1H3. The Balaban J connectivity index is 2.24. The fourth-order valence-electron chi connectivity index (χ4n) is 1.81. The highest BCUT2D eigenvalue weighted by molar-refractivity contribution is 7.19. The summed E-state index contributed by atoms with van der Waals surface area (Å²) in [6.45, 7) is 1.97. The Bertz CT molecular complexity index is 477. The van der Waals surface area contributed by atoms with Gasteiger partial charge in [0.05, 0.1) is 12.4 Å². The Morgan fingerprint density at radius 3 is 3.43 bits per heavy atom. The quantitative estimate of drug-likeness (QED) is 0.714. The van der Waals surface area contributed by atoms with Gasteiger partial charge in [-0.15, -0.1) is 11.3 Å². The third kappa shape index (κ3) is 1.11. The van der Waals surface area contributed by atoms with Crippen molar-refractivity contribution in [1.29, 1.82) is 0 Å². The van der Waals surface area contributed by atoms with Gasteiger partial charge in [-0.2, -0.15) is 0 Å². The normalized spacial score (nSPS) is 16.6. The van der Waals surface area contributed by atoms with Crippen LogP contribution in [0.25, 0.3) is 10.1 Å². The van der Waals surface area contributed by atoms with E-state index in [-0.39, 0.29) is 0 Å². The molecule has 1 N–H and O–H groups in total. The molecule has 2 aromatic rings. The zero-order chi connectivity index (χ0) is 9.54. The van der Waals surface area contributed by atoms with Crippen LogP contribution in [0.4, 0.5) is 5.69 Å². The second-order valence-corrected chi connectivity index (χ2v) is 4.76. The van der Waals surface area contributed by atoms with Gasteiger partial charge in [-0.05, 0) is 13.1 Å². The molecule has 0 bridgehead atoms. The Labute approximate surface area is 86.4 Å². The summed E-state index contributed by atoms with van der Waals surface area (Å²) in [6.07, 6.45) is 3.80. The molecule has 3 heterocycles. The summed E-state index contributed by atoms with van der Waals surface area (Å²) in [4.78, 5) is 7.85. The largest absolute Gasteiger partial charge is 0.371 e. The Morgan fingerprint density at radius 2 is 2.50 bits per heavy atom. The number of aromatic nitrogens is 1. The van der Waals surface area contributed by atoms with Crippen LogP contribution in [-0.2, 0) is 6.54 Å². The maximum absolute atomic E-state index is 4.17. The summed E-state index contributed by atoms with van der Waals surface area (Å²) in [5.41, 5.74) is 1.29. The Kier molecular flexibility index (Phi) is 1.72. The number of hydrogen-bond donors (Lipinski definition) is 1. The lowest BCUT2D eigenvalue weighted by Crippen LogP contribution is -2.28. The van der Waals surface area contributed by atoms with Crippen LogP contribution in [0.5, 0.6) is 0 Å². The van der Waals surface area contributed by atoms with Crippen molar-refractivity contribution >= 4 is 27.1 Å². The van der Waals surface area contributed by atoms with E-state index < -0.39 is 0 Å². The monoisotopic (exact) mass is 205 g/mol. The van der Waals surface area contributed by atoms with Crippen LogP contribution in [0.3, 0.4) is 0 Å². The topological polar surface area (TPSA) is 28.2 Å². The predicted molar refractivity (Wildman–Crippen MR) is 59.6 cm³/mol. The number of pyridine rings is 1. The van der Waals surface area contributed by atoms with E-state index in [0.29, 0.717) is 0 Å². The van der Waals surface area contributed by atoms with Gasteiger partial charge in [0.2, 0.25) is 0 Å². The molecule has 0 saturated carbocycles. The molecular formula is C10H11N3S. The fourth-order valence-corrected chi connectivity index (χ4v) is 3.04. The second-order valence-electron chi connectivity index (χ2n) is 3.62. The molecule has 0 aromatic carbocycles. The molecule has 0 radical (unpaired) electrons. The SMILES string of the molecule is CN1CNc2c(sc3ccncc23)C1. The number of hydrogen-bond acceptors (Lipinski definition) is 4. The van der Waals surface area contributed by atoms with Crippen molar-refractivity contribution in [2.24, 2.45) is 0 Å². The highest BCUT2D eigenvalue weighted by Crippen LogP contribution is 2.37. The van der Waals surface area contributed by atoms with E-state index in [0.717, 1.165) is 13.2 Å². The van der Waals surface area contributed by atoms with Gasteiger partial charge < -0.3 is 5.32 Å². The van der Waals surface area contributed by atoms with Gasteiger partial charge in [0.25, 0.3) is 0 Å². The summed E-state index contributed by atoms with van der Waals surface area (Å²) >= 11 is 1.86. The molecule has 0 spiro atoms. The minimum absolute atomic E-state index is 0.924. The molecular weight excluding hydrogens is 194 g/mol. The molecule has 0 atom stereocenters. The zero-order valence-electron chi connectivity index (χ0n) is 7.95. The minimum atomic E-state index is 0.924. The number of nitrogens with zero attached hydrogens (tertiary/aromatic N) is 2. The van der Waals surface area contributed by atoms with Gasteiger partial charge in [-0.1, -0.05) is 0 Å². The van der Waals surface area contributed by atoms with E-state index >= 15 is 0 Å². The zero-order valence-corrected chi connectivity index (χ0v) is 8.77. The van der Waals surface area contributed by atoms with Crippen molar-refractivity contribution in [3.05, 3.63) is 23.3 Å². The van der Waals surface area contributed by atoms with Gasteiger partial charge in [0, 0.05) is 33.9 Å². The van der Waals surface area contributed by atoms with Crippen molar-refractivity contribution < 1.29 is 0 Å². The molecule has 3 rings (SSSR count). The summed E-state index contributed by atoms with van der Waals surface area (Å²) in [5, 5.41) is 4.70. The molecule has 3 nitrogen and oxygen atoms in total. The average Bonchev–Trinajstić information content (AvgIpc) is 2.54. The number of fused-ring (bicyclic) bond motifs is 3. The molecule has 1 aliphatic rings. The summed E-state index contributed by atoms with van der Waals surface area (Å²) in [7, 11) is 2.12. The molecule has 0 saturated heterocycles. The van der Waals surface area contributed by atoms with Gasteiger partial charge >= 0.3 is 0 Å². The van der Waals surface area contributed by atoms with E-state index in [2.05, 4.69) is 28.3 Å². The summed E-state index contributed by atoms with van der Waals surface area (Å²) < 4.78 is 1.33. The highest BCUT2D eigenvalue weighted by Gasteiger charge is 2.17. The van der Waals surface area contributed by atoms with Crippen molar-refractivity contribution in [3.63, 3.8) is 0 Å². The molecule has 4 heteroatoms. The molecule has 0 amide bonds. The van der Waals surface area contributed by atoms with E-state index in [1.165, 1.54) is 20.7 Å². The van der Waals surface area contributed by atoms with Crippen molar-refractivity contribution in [2.45, 2.75) is 6.54 Å². The first-order chi connectivity index (χ1) is 6.84. The fraction of sp³-hybridized carbons (Fsp3) is 0.300. The van der Waals surface area contributed by atoms with E-state index in [1.807, 2.05) is 23.7 Å². The van der Waals surface area contributed by atoms with Gasteiger partial charge in [0.15, 0.2) is 0 Å². The summed E-state index contributed by atoms with van der Waals surface area (Å²) in [5.74, 6) is 0. The molecule has 1 aliphatic heterocycles. The third-order valence-corrected chi connectivity index (χ3v) is 3.66. The molecule has 0 aliphatic carbocycles. The molecule has 2 aromatic heterocycles. The number of anilines is 1. The van der Waals surface area contributed by atoms with Crippen LogP contribution < -0.4 is 5.32 Å². The maximum atomic E-state index is 4.17. The van der Waals surface area contributed by atoms with Crippen LogP contribution in [0.1, 0.15) is 4.88 Å². The third-order valence-electron chi connectivity index (χ3n) is 2.50. The van der Waals surface area contributed by atoms with Crippen LogP contribution >= 0.6 is 11.3 Å². The van der Waals surface area contributed by atoms with Crippen molar-refractivity contribution in [1.82, 2.24) is 9.88 Å². The highest BCUT2D eigenvalue weighted by atomic mass is 32.1. The van der Waals surface area contributed by atoms with Gasteiger partial charge in [-0.3, -0.25) is 9.88 Å². The minimum Gasteiger partial charge on any atom is -0.371 e. The average molecular weight is 205 g/mol. The second kappa shape index (κ2) is 2.93. The first kappa shape index (κ1) is 8.20. The lowest BCUT2D eigenvalue weighted by atomic mass is 10.2. The smallest absolute Gasteiger partial charge is 0.0679 e.